The van der Waals surface area contributed by atoms with E-state index < -0.39 is 5.91 Å². The molecule has 0 atom stereocenters. The van der Waals surface area contributed by atoms with Crippen LogP contribution in [0.2, 0.25) is 0 Å². The number of amides is 1. The van der Waals surface area contributed by atoms with Crippen molar-refractivity contribution in [3.63, 3.8) is 0 Å². The van der Waals surface area contributed by atoms with E-state index in [9.17, 15) is 14.9 Å². The first-order valence-electron chi connectivity index (χ1n) is 15.9. The van der Waals surface area contributed by atoms with Crippen molar-refractivity contribution in [3.8, 4) is 5.75 Å². The van der Waals surface area contributed by atoms with Crippen LogP contribution in [0.5, 0.6) is 5.75 Å². The molecule has 3 heterocycles. The van der Waals surface area contributed by atoms with Crippen LogP contribution in [0.4, 0.5) is 17.3 Å². The van der Waals surface area contributed by atoms with Gasteiger partial charge in [-0.2, -0.15) is 4.57 Å². The number of nitro benzene ring substituents is 1. The summed E-state index contributed by atoms with van der Waals surface area (Å²) in [7, 11) is 3.42. The second kappa shape index (κ2) is 15.8. The summed E-state index contributed by atoms with van der Waals surface area (Å²) < 4.78 is 26.1. The molecule has 1 saturated heterocycles. The monoisotopic (exact) mass is 663 g/mol. The number of aromatic nitrogens is 3. The van der Waals surface area contributed by atoms with Gasteiger partial charge in [0.2, 0.25) is 11.6 Å². The number of aryl methyl sites for hydroxylation is 1. The third-order valence-electron chi connectivity index (χ3n) is 8.30. The number of carbonyl (C=O) groups excluding carboxylic acids is 1. The number of hydrogen-bond donors (Lipinski definition) is 3. The number of nitrogens with zero attached hydrogens (tertiary/aromatic N) is 5. The van der Waals surface area contributed by atoms with Gasteiger partial charge in [0.25, 0.3) is 11.4 Å². The molecule has 4 N–H and O–H groups in total. The molecular formula is C33H43N8O7+. The fourth-order valence-electron chi connectivity index (χ4n) is 5.82. The van der Waals surface area contributed by atoms with Crippen molar-refractivity contribution in [1.29, 1.82) is 0 Å². The van der Waals surface area contributed by atoms with Gasteiger partial charge in [0.1, 0.15) is 24.0 Å². The molecule has 0 aliphatic carbocycles. The summed E-state index contributed by atoms with van der Waals surface area (Å²) in [5.41, 5.74) is 9.73. The minimum Gasteiger partial charge on any atom is -0.494 e. The number of nitrogens with one attached hydrogen (secondary N) is 2. The van der Waals surface area contributed by atoms with Crippen LogP contribution in [0.1, 0.15) is 40.2 Å². The number of para-hydroxylation sites is 1. The highest BCUT2D eigenvalue weighted by Gasteiger charge is 2.28. The standard InChI is InChI=1S/C33H42N8O7/c1-5-26-31(48-22(2)38(26)3)32(42)37-33-36-25-17-23(20-47-21-34)18-28(45-4)30(25)40(33)12-7-6-11-35-29-24(9-8-10-27(29)41(43)44)19-39-13-15-46-16-14-39/h6-10,17-18,35H,5,11-16,19-21,34H2,1-4H3/p+1/b7-6+. The normalized spacial score (nSPS) is 13.8. The smallest absolute Gasteiger partial charge is 0.344 e. The topological polar surface area (TPSA) is 176 Å². The van der Waals surface area contributed by atoms with Gasteiger partial charge in [-0.05, 0) is 23.3 Å². The number of oxazole rings is 1. The van der Waals surface area contributed by atoms with Crippen molar-refractivity contribution in [2.45, 2.75) is 40.0 Å². The number of fused-ring (bicyclic) bond motifs is 1. The molecule has 0 spiro atoms. The number of anilines is 2. The Labute approximate surface area is 278 Å². The zero-order valence-corrected chi connectivity index (χ0v) is 27.8. The summed E-state index contributed by atoms with van der Waals surface area (Å²) >= 11 is 0. The van der Waals surface area contributed by atoms with Crippen LogP contribution in [0.15, 0.2) is 46.9 Å². The summed E-state index contributed by atoms with van der Waals surface area (Å²) in [6.07, 6.45) is 4.39. The molecule has 4 aromatic rings. The largest absolute Gasteiger partial charge is 0.494 e. The number of imidazole rings is 1. The van der Waals surface area contributed by atoms with E-state index in [1.54, 1.807) is 20.1 Å². The predicted octanol–water partition coefficient (Wildman–Crippen LogP) is 3.43. The number of nitrogens with two attached hydrogens (primary N) is 1. The molecule has 1 aliphatic heterocycles. The zero-order valence-electron chi connectivity index (χ0n) is 27.8. The van der Waals surface area contributed by atoms with Gasteiger partial charge in [0, 0.05) is 45.2 Å². The molecule has 2 aromatic carbocycles. The molecule has 0 unspecified atom stereocenters. The number of ether oxygens (including phenoxy) is 3. The molecule has 1 fully saturated rings. The molecule has 0 saturated carbocycles. The Morgan fingerprint density at radius 3 is 2.75 bits per heavy atom. The molecule has 5 rings (SSSR count). The van der Waals surface area contributed by atoms with Gasteiger partial charge in [-0.3, -0.25) is 25.1 Å². The van der Waals surface area contributed by atoms with Gasteiger partial charge in [-0.25, -0.2) is 4.98 Å². The second-order valence-electron chi connectivity index (χ2n) is 11.3. The SMILES string of the molecule is CCc1c(C(=O)Nc2nc3cc(COCN)cc(OC)c3n2C/C=C/CNc2c(CN3CCOCC3)cccc2[N+](=O)[O-])oc(C)[n+]1C. The first-order chi connectivity index (χ1) is 23.2. The molecule has 256 valence electrons. The Balaban J connectivity index is 1.41. The van der Waals surface area contributed by atoms with Gasteiger partial charge in [0.15, 0.2) is 0 Å². The lowest BCUT2D eigenvalue weighted by atomic mass is 10.1. The number of rotatable bonds is 15. The summed E-state index contributed by atoms with van der Waals surface area (Å²) in [6, 6.07) is 8.84. The Morgan fingerprint density at radius 2 is 2.04 bits per heavy atom. The molecule has 15 nitrogen and oxygen atoms in total. The molecule has 0 radical (unpaired) electrons. The van der Waals surface area contributed by atoms with Crippen molar-refractivity contribution < 1.29 is 32.9 Å². The Hall–Kier alpha value is -4.83. The van der Waals surface area contributed by atoms with Crippen LogP contribution in [0.3, 0.4) is 0 Å². The maximum atomic E-state index is 13.5. The third-order valence-corrected chi connectivity index (χ3v) is 8.30. The van der Waals surface area contributed by atoms with Crippen LogP contribution in [0.25, 0.3) is 11.0 Å². The van der Waals surface area contributed by atoms with Gasteiger partial charge in [-0.15, -0.1) is 0 Å². The van der Waals surface area contributed by atoms with E-state index in [0.29, 0.717) is 73.6 Å². The lowest BCUT2D eigenvalue weighted by Crippen LogP contribution is -2.35. The molecule has 1 aliphatic rings. The average Bonchev–Trinajstić information content (AvgIpc) is 3.58. The van der Waals surface area contributed by atoms with Gasteiger partial charge < -0.3 is 34.2 Å². The van der Waals surface area contributed by atoms with Gasteiger partial charge >= 0.3 is 11.8 Å². The Bertz CT molecular complexity index is 1790. The van der Waals surface area contributed by atoms with E-state index in [4.69, 9.17) is 29.3 Å². The quantitative estimate of drug-likeness (QED) is 0.0559. The lowest BCUT2D eigenvalue weighted by Gasteiger charge is -2.27. The van der Waals surface area contributed by atoms with Crippen LogP contribution in [-0.2, 0) is 42.6 Å². The minimum absolute atomic E-state index is 0.0203. The first kappa shape index (κ1) is 34.5. The van der Waals surface area contributed by atoms with Crippen molar-refractivity contribution in [2.24, 2.45) is 12.8 Å². The summed E-state index contributed by atoms with van der Waals surface area (Å²) in [6.45, 7) is 8.12. The molecular weight excluding hydrogens is 620 g/mol. The Morgan fingerprint density at radius 1 is 1.25 bits per heavy atom. The number of allylic oxidation sites excluding steroid dienone is 1. The van der Waals surface area contributed by atoms with E-state index in [-0.39, 0.29) is 29.7 Å². The summed E-state index contributed by atoms with van der Waals surface area (Å²) in [5, 5.41) is 18.1. The van der Waals surface area contributed by atoms with E-state index >= 15 is 0 Å². The lowest BCUT2D eigenvalue weighted by molar-refractivity contribution is -0.688. The zero-order chi connectivity index (χ0) is 34.2. The third kappa shape index (κ3) is 7.65. The fourth-order valence-corrected chi connectivity index (χ4v) is 5.82. The number of hydrogen-bond acceptors (Lipinski definition) is 11. The fraction of sp³-hybridized carbons (Fsp3) is 0.424. The second-order valence-corrected chi connectivity index (χ2v) is 11.3. The van der Waals surface area contributed by atoms with Crippen LogP contribution >= 0.6 is 0 Å². The molecule has 15 heteroatoms. The number of benzene rings is 2. The van der Waals surface area contributed by atoms with Gasteiger partial charge in [0.05, 0.1) is 51.0 Å². The maximum Gasteiger partial charge on any atom is 0.344 e. The molecule has 2 aromatic heterocycles. The maximum absolute atomic E-state index is 13.5. The number of methoxy groups -OCH3 is 1. The highest BCUT2D eigenvalue weighted by Crippen LogP contribution is 2.32. The van der Waals surface area contributed by atoms with E-state index in [1.165, 1.54) is 6.07 Å². The van der Waals surface area contributed by atoms with Crippen molar-refractivity contribution in [1.82, 2.24) is 14.5 Å². The number of nitro groups is 1. The van der Waals surface area contributed by atoms with Gasteiger partial charge in [-0.1, -0.05) is 31.2 Å². The van der Waals surface area contributed by atoms with Crippen molar-refractivity contribution >= 4 is 34.3 Å². The van der Waals surface area contributed by atoms with E-state index in [2.05, 4.69) is 15.5 Å². The minimum atomic E-state index is -0.424. The highest BCUT2D eigenvalue weighted by atomic mass is 16.6. The van der Waals surface area contributed by atoms with Crippen LogP contribution in [-0.4, -0.2) is 72.0 Å². The predicted molar refractivity (Wildman–Crippen MR) is 179 cm³/mol. The number of carbonyl (C=O) groups is 1. The number of morpholine rings is 1. The van der Waals surface area contributed by atoms with E-state index in [1.807, 2.05) is 53.5 Å². The molecule has 48 heavy (non-hydrogen) atoms. The van der Waals surface area contributed by atoms with Crippen molar-refractivity contribution in [3.05, 3.63) is 81.1 Å². The average molecular weight is 664 g/mol. The highest BCUT2D eigenvalue weighted by molar-refractivity contribution is 6.03. The Kier molecular flexibility index (Phi) is 11.4. The molecule has 1 amide bonds. The van der Waals surface area contributed by atoms with E-state index in [0.717, 1.165) is 29.9 Å². The molecule has 0 bridgehead atoms. The van der Waals surface area contributed by atoms with Crippen LogP contribution < -0.4 is 25.7 Å². The summed E-state index contributed by atoms with van der Waals surface area (Å²) in [5.74, 6) is 1.25. The first-order valence-corrected chi connectivity index (χ1v) is 15.9. The van der Waals surface area contributed by atoms with Crippen LogP contribution in [0, 0.1) is 17.0 Å². The summed E-state index contributed by atoms with van der Waals surface area (Å²) in [4.78, 5) is 32.0. The van der Waals surface area contributed by atoms with Crippen molar-refractivity contribution in [2.75, 3.05) is 57.3 Å².